The lowest BCUT2D eigenvalue weighted by Gasteiger charge is -2.36. The van der Waals surface area contributed by atoms with Crippen molar-refractivity contribution >= 4 is 34.8 Å². The summed E-state index contributed by atoms with van der Waals surface area (Å²) in [5.74, 6) is -0.649. The van der Waals surface area contributed by atoms with Gasteiger partial charge >= 0.3 is 12.1 Å². The van der Waals surface area contributed by atoms with Crippen molar-refractivity contribution in [2.24, 2.45) is 0 Å². The van der Waals surface area contributed by atoms with Gasteiger partial charge in [0.2, 0.25) is 5.91 Å². The molecule has 1 saturated heterocycles. The molecular weight excluding hydrogens is 628 g/mol. The van der Waals surface area contributed by atoms with Gasteiger partial charge in [-0.2, -0.15) is 0 Å². The molecule has 49 heavy (non-hydrogen) atoms. The first-order valence-corrected chi connectivity index (χ1v) is 16.2. The predicted octanol–water partition coefficient (Wildman–Crippen LogP) is 4.75. The first-order valence-electron chi connectivity index (χ1n) is 16.2. The molecule has 1 unspecified atom stereocenters. The Morgan fingerprint density at radius 1 is 0.796 bits per heavy atom. The van der Waals surface area contributed by atoms with Crippen molar-refractivity contribution in [3.63, 3.8) is 0 Å². The largest absolute Gasteiger partial charge is 0.494 e. The molecule has 0 aliphatic carbocycles. The second kappa shape index (κ2) is 17.0. The fraction of sp³-hybridized carbons (Fsp3) is 0.324. The second-order valence-electron chi connectivity index (χ2n) is 11.4. The highest BCUT2D eigenvalue weighted by Gasteiger charge is 2.31. The third-order valence-electron chi connectivity index (χ3n) is 8.05. The van der Waals surface area contributed by atoms with E-state index in [4.69, 9.17) is 18.9 Å². The summed E-state index contributed by atoms with van der Waals surface area (Å²) in [5.41, 5.74) is 2.20. The maximum atomic E-state index is 13.9. The van der Waals surface area contributed by atoms with E-state index in [0.717, 1.165) is 11.1 Å². The number of aromatic nitrogens is 1. The highest BCUT2D eigenvalue weighted by Crippen LogP contribution is 2.32. The lowest BCUT2D eigenvalue weighted by Crippen LogP contribution is -2.56. The smallest absolute Gasteiger partial charge is 0.409 e. The number of para-hydroxylation sites is 1. The molecule has 1 fully saturated rings. The first-order chi connectivity index (χ1) is 23.9. The van der Waals surface area contributed by atoms with E-state index < -0.39 is 24.0 Å². The third kappa shape index (κ3) is 9.25. The van der Waals surface area contributed by atoms with Crippen molar-refractivity contribution in [3.8, 4) is 11.5 Å². The number of benzene rings is 3. The van der Waals surface area contributed by atoms with Crippen LogP contribution in [0.4, 0.5) is 4.79 Å². The van der Waals surface area contributed by atoms with Crippen LogP contribution in [-0.2, 0) is 32.3 Å². The van der Waals surface area contributed by atoms with E-state index in [1.807, 2.05) is 72.8 Å². The lowest BCUT2D eigenvalue weighted by atomic mass is 10.1. The van der Waals surface area contributed by atoms with Gasteiger partial charge in [-0.3, -0.25) is 14.4 Å². The zero-order valence-electron chi connectivity index (χ0n) is 27.6. The van der Waals surface area contributed by atoms with Crippen LogP contribution in [0.15, 0.2) is 84.9 Å². The number of carbonyl (C=O) groups excluding carboxylic acids is 4. The van der Waals surface area contributed by atoms with Crippen LogP contribution in [0.5, 0.6) is 11.5 Å². The number of esters is 1. The highest BCUT2D eigenvalue weighted by atomic mass is 16.6. The van der Waals surface area contributed by atoms with Crippen molar-refractivity contribution in [1.82, 2.24) is 20.1 Å². The number of nitrogens with one attached hydrogen (secondary N) is 1. The zero-order valence-corrected chi connectivity index (χ0v) is 27.6. The molecule has 1 atom stereocenters. The maximum absolute atomic E-state index is 13.9. The van der Waals surface area contributed by atoms with Gasteiger partial charge in [0, 0.05) is 44.1 Å². The summed E-state index contributed by atoms with van der Waals surface area (Å²) >= 11 is 0. The molecule has 4 aromatic rings. The fourth-order valence-electron chi connectivity index (χ4n) is 5.43. The van der Waals surface area contributed by atoms with E-state index in [1.165, 1.54) is 18.1 Å². The number of methoxy groups -OCH3 is 1. The molecule has 0 radical (unpaired) electrons. The van der Waals surface area contributed by atoms with Crippen LogP contribution in [0.2, 0.25) is 0 Å². The van der Waals surface area contributed by atoms with Crippen molar-refractivity contribution < 1.29 is 38.1 Å². The zero-order chi connectivity index (χ0) is 34.6. The normalized spacial score (nSPS) is 13.3. The van der Waals surface area contributed by atoms with Crippen LogP contribution in [0, 0.1) is 0 Å². The van der Waals surface area contributed by atoms with Crippen molar-refractivity contribution in [2.75, 3.05) is 39.9 Å². The standard InChI is InChI=1S/C37H40N4O8/c1-3-47-37(45)41-21-19-40(20-22-41)36(44)29(17-18-33(42)49-25-27-13-8-5-9-14-27)39-35(43)30-23-32(48-24-26-11-6-4-7-12-26)28-15-10-16-31(46-2)34(28)38-30/h4-16,23,29H,3,17-22,24-25H2,1-2H3,(H,39,43). The molecule has 12 heteroatoms. The number of hydrogen-bond acceptors (Lipinski definition) is 9. The van der Waals surface area contributed by atoms with Crippen molar-refractivity contribution in [1.29, 1.82) is 0 Å². The van der Waals surface area contributed by atoms with Gasteiger partial charge < -0.3 is 34.1 Å². The average molecular weight is 669 g/mol. The van der Waals surface area contributed by atoms with Gasteiger partial charge in [-0.05, 0) is 36.6 Å². The molecule has 2 heterocycles. The lowest BCUT2D eigenvalue weighted by molar-refractivity contribution is -0.145. The maximum Gasteiger partial charge on any atom is 0.409 e. The van der Waals surface area contributed by atoms with Crippen LogP contribution in [0.1, 0.15) is 41.4 Å². The Hall–Kier alpha value is -5.65. The fourth-order valence-corrected chi connectivity index (χ4v) is 5.43. The van der Waals surface area contributed by atoms with E-state index >= 15 is 0 Å². The molecule has 3 amide bonds. The quantitative estimate of drug-likeness (QED) is 0.200. The minimum atomic E-state index is -1.07. The Bertz CT molecular complexity index is 1740. The number of rotatable bonds is 13. The number of pyridine rings is 1. The molecule has 0 bridgehead atoms. The van der Waals surface area contributed by atoms with Crippen molar-refractivity contribution in [2.45, 2.75) is 39.0 Å². The monoisotopic (exact) mass is 668 g/mol. The Balaban J connectivity index is 1.35. The van der Waals surface area contributed by atoms with Crippen LogP contribution >= 0.6 is 0 Å². The Labute approximate surface area is 284 Å². The molecule has 1 aromatic heterocycles. The van der Waals surface area contributed by atoms with Gasteiger partial charge in [-0.25, -0.2) is 9.78 Å². The van der Waals surface area contributed by atoms with Gasteiger partial charge in [-0.1, -0.05) is 66.7 Å². The molecule has 1 aliphatic rings. The minimum Gasteiger partial charge on any atom is -0.494 e. The molecule has 5 rings (SSSR count). The number of carbonyl (C=O) groups is 4. The number of fused-ring (bicyclic) bond motifs is 1. The van der Waals surface area contributed by atoms with Gasteiger partial charge in [0.25, 0.3) is 5.91 Å². The molecular formula is C37H40N4O8. The van der Waals surface area contributed by atoms with Crippen molar-refractivity contribution in [3.05, 3.63) is 102 Å². The Morgan fingerprint density at radius 2 is 1.45 bits per heavy atom. The van der Waals surface area contributed by atoms with Gasteiger partial charge in [0.1, 0.15) is 42.0 Å². The van der Waals surface area contributed by atoms with E-state index in [2.05, 4.69) is 10.3 Å². The average Bonchev–Trinajstić information content (AvgIpc) is 3.14. The van der Waals surface area contributed by atoms with Gasteiger partial charge in [0.05, 0.1) is 13.7 Å². The summed E-state index contributed by atoms with van der Waals surface area (Å²) < 4.78 is 22.2. The molecule has 3 aromatic carbocycles. The van der Waals surface area contributed by atoms with Crippen LogP contribution in [0.3, 0.4) is 0 Å². The van der Waals surface area contributed by atoms with E-state index in [0.29, 0.717) is 22.4 Å². The first kappa shape index (κ1) is 34.7. The van der Waals surface area contributed by atoms with Crippen LogP contribution in [-0.4, -0.2) is 84.6 Å². The van der Waals surface area contributed by atoms with Gasteiger partial charge in [-0.15, -0.1) is 0 Å². The predicted molar refractivity (Wildman–Crippen MR) is 181 cm³/mol. The number of ether oxygens (including phenoxy) is 4. The SMILES string of the molecule is CCOC(=O)N1CCN(C(=O)C(CCC(=O)OCc2ccccc2)NC(=O)c2cc(OCc3ccccc3)c3cccc(OC)c3n2)CC1. The molecule has 256 valence electrons. The molecule has 0 saturated carbocycles. The Morgan fingerprint density at radius 3 is 2.10 bits per heavy atom. The van der Waals surface area contributed by atoms with Gasteiger partial charge in [0.15, 0.2) is 0 Å². The summed E-state index contributed by atoms with van der Waals surface area (Å²) in [5, 5.41) is 3.47. The molecule has 12 nitrogen and oxygen atoms in total. The van der Waals surface area contributed by atoms with Crippen LogP contribution in [0.25, 0.3) is 10.9 Å². The second-order valence-corrected chi connectivity index (χ2v) is 11.4. The molecule has 1 aliphatic heterocycles. The summed E-state index contributed by atoms with van der Waals surface area (Å²) in [6, 6.07) is 24.7. The summed E-state index contributed by atoms with van der Waals surface area (Å²) in [6.07, 6.45) is -0.565. The highest BCUT2D eigenvalue weighted by molar-refractivity contribution is 6.00. The third-order valence-corrected chi connectivity index (χ3v) is 8.05. The topological polar surface area (TPSA) is 137 Å². The number of nitrogens with zero attached hydrogens (tertiary/aromatic N) is 3. The minimum absolute atomic E-state index is 0.00937. The number of hydrogen-bond donors (Lipinski definition) is 1. The molecule has 0 spiro atoms. The summed E-state index contributed by atoms with van der Waals surface area (Å²) in [4.78, 5) is 60.4. The van der Waals surface area contributed by atoms with E-state index in [1.54, 1.807) is 17.9 Å². The number of piperazine rings is 1. The van der Waals surface area contributed by atoms with Crippen LogP contribution < -0.4 is 14.8 Å². The van der Waals surface area contributed by atoms with E-state index in [-0.39, 0.29) is 70.4 Å². The number of amides is 3. The Kier molecular flexibility index (Phi) is 12.0. The summed E-state index contributed by atoms with van der Waals surface area (Å²) in [6.45, 7) is 3.36. The summed E-state index contributed by atoms with van der Waals surface area (Å²) in [7, 11) is 1.51. The van der Waals surface area contributed by atoms with E-state index in [9.17, 15) is 19.2 Å². The molecule has 1 N–H and O–H groups in total.